The number of para-hydroxylation sites is 1. The van der Waals surface area contributed by atoms with Gasteiger partial charge in [0.1, 0.15) is 6.54 Å². The molecule has 0 aliphatic heterocycles. The molecule has 0 bridgehead atoms. The van der Waals surface area contributed by atoms with Gasteiger partial charge in [-0.05, 0) is 54.6 Å². The minimum Gasteiger partial charge on any atom is -0.323 e. The largest absolute Gasteiger partial charge is 0.323 e. The van der Waals surface area contributed by atoms with Crippen molar-refractivity contribution >= 4 is 50.7 Å². The first-order chi connectivity index (χ1) is 16.4. The van der Waals surface area contributed by atoms with Crippen LogP contribution >= 0.6 is 23.4 Å². The third-order valence-electron chi connectivity index (χ3n) is 4.85. The Kier molecular flexibility index (Phi) is 7.57. The molecule has 0 aliphatic carbocycles. The number of nitrogens with zero attached hydrogens (tertiary/aromatic N) is 1. The summed E-state index contributed by atoms with van der Waals surface area (Å²) >= 11 is 7.64. The van der Waals surface area contributed by atoms with E-state index in [1.165, 1.54) is 30.0 Å². The first-order valence-electron chi connectivity index (χ1n) is 10.4. The summed E-state index contributed by atoms with van der Waals surface area (Å²) in [6.07, 6.45) is 0. The highest BCUT2D eigenvalue weighted by Crippen LogP contribution is 2.33. The predicted molar refractivity (Wildman–Crippen MR) is 138 cm³/mol. The number of benzene rings is 4. The molecule has 0 aliphatic rings. The number of carbonyl (C=O) groups is 1. The van der Waals surface area contributed by atoms with Gasteiger partial charge in [-0.2, -0.15) is 0 Å². The molecule has 4 aromatic rings. The van der Waals surface area contributed by atoms with Crippen molar-refractivity contribution in [3.05, 3.63) is 114 Å². The van der Waals surface area contributed by atoms with Gasteiger partial charge in [0.25, 0.3) is 10.0 Å². The molecule has 172 valence electrons. The summed E-state index contributed by atoms with van der Waals surface area (Å²) in [4.78, 5) is 15.1. The highest BCUT2D eigenvalue weighted by molar-refractivity contribution is 7.99. The van der Waals surface area contributed by atoms with Crippen molar-refractivity contribution in [1.29, 1.82) is 0 Å². The molecule has 5 nitrogen and oxygen atoms in total. The van der Waals surface area contributed by atoms with E-state index in [4.69, 9.17) is 11.6 Å². The number of amides is 1. The molecule has 4 aromatic carbocycles. The molecular weight excluding hydrogens is 488 g/mol. The summed E-state index contributed by atoms with van der Waals surface area (Å²) < 4.78 is 27.9. The van der Waals surface area contributed by atoms with Crippen LogP contribution in [0.2, 0.25) is 5.02 Å². The Morgan fingerprint density at radius 3 is 2.18 bits per heavy atom. The molecule has 0 fully saturated rings. The van der Waals surface area contributed by atoms with Crippen LogP contribution in [0.4, 0.5) is 11.4 Å². The number of hydrogen-bond acceptors (Lipinski definition) is 4. The maximum atomic E-state index is 13.4. The Hall–Kier alpha value is -3.26. The Morgan fingerprint density at radius 1 is 0.824 bits per heavy atom. The van der Waals surface area contributed by atoms with Crippen molar-refractivity contribution in [2.24, 2.45) is 0 Å². The normalized spacial score (nSPS) is 11.1. The molecular formula is C26H21ClN2O3S2. The van der Waals surface area contributed by atoms with E-state index < -0.39 is 22.5 Å². The Morgan fingerprint density at radius 2 is 1.47 bits per heavy atom. The maximum Gasteiger partial charge on any atom is 0.264 e. The second-order valence-electron chi connectivity index (χ2n) is 7.26. The van der Waals surface area contributed by atoms with Gasteiger partial charge in [0.05, 0.1) is 16.3 Å². The molecule has 1 N–H and O–H groups in total. The van der Waals surface area contributed by atoms with Crippen LogP contribution in [0.5, 0.6) is 0 Å². The van der Waals surface area contributed by atoms with Gasteiger partial charge in [0.2, 0.25) is 5.91 Å². The monoisotopic (exact) mass is 508 g/mol. The second kappa shape index (κ2) is 10.8. The molecule has 0 atom stereocenters. The first-order valence-corrected chi connectivity index (χ1v) is 13.0. The molecule has 34 heavy (non-hydrogen) atoms. The Balaban J connectivity index is 1.61. The fraction of sp³-hybridized carbons (Fsp3) is 0.0385. The zero-order valence-corrected chi connectivity index (χ0v) is 20.4. The number of nitrogens with one attached hydrogen (secondary N) is 1. The Bertz CT molecular complexity index is 1380. The fourth-order valence-corrected chi connectivity index (χ4v) is 5.80. The summed E-state index contributed by atoms with van der Waals surface area (Å²) in [5.41, 5.74) is 0.906. The summed E-state index contributed by atoms with van der Waals surface area (Å²) in [6.45, 7) is -0.415. The fourth-order valence-electron chi connectivity index (χ4n) is 3.26. The summed E-state index contributed by atoms with van der Waals surface area (Å²) in [5, 5.41) is 3.24. The lowest BCUT2D eigenvalue weighted by molar-refractivity contribution is -0.114. The van der Waals surface area contributed by atoms with Gasteiger partial charge in [-0.1, -0.05) is 78.0 Å². The quantitative estimate of drug-likeness (QED) is 0.302. The third kappa shape index (κ3) is 5.80. The van der Waals surface area contributed by atoms with Gasteiger partial charge < -0.3 is 5.32 Å². The highest BCUT2D eigenvalue weighted by atomic mass is 35.5. The number of sulfonamides is 1. The number of rotatable bonds is 8. The van der Waals surface area contributed by atoms with E-state index in [1.54, 1.807) is 42.5 Å². The average Bonchev–Trinajstić information content (AvgIpc) is 2.85. The molecule has 0 unspecified atom stereocenters. The van der Waals surface area contributed by atoms with E-state index >= 15 is 0 Å². The Labute approximate surface area is 208 Å². The van der Waals surface area contributed by atoms with Gasteiger partial charge in [-0.25, -0.2) is 8.42 Å². The van der Waals surface area contributed by atoms with Crippen molar-refractivity contribution < 1.29 is 13.2 Å². The van der Waals surface area contributed by atoms with Crippen LogP contribution in [0.15, 0.2) is 124 Å². The topological polar surface area (TPSA) is 66.5 Å². The lowest BCUT2D eigenvalue weighted by Gasteiger charge is -2.24. The molecule has 0 aromatic heterocycles. The molecule has 4 rings (SSSR count). The molecule has 0 radical (unpaired) electrons. The second-order valence-corrected chi connectivity index (χ2v) is 10.7. The first kappa shape index (κ1) is 23.9. The van der Waals surface area contributed by atoms with Crippen molar-refractivity contribution in [1.82, 2.24) is 0 Å². The van der Waals surface area contributed by atoms with Crippen molar-refractivity contribution in [3.63, 3.8) is 0 Å². The minimum absolute atomic E-state index is 0.0859. The van der Waals surface area contributed by atoms with Gasteiger partial charge in [-0.3, -0.25) is 9.10 Å². The average molecular weight is 509 g/mol. The molecule has 1 amide bonds. The lowest BCUT2D eigenvalue weighted by atomic mass is 10.3. The molecule has 0 saturated heterocycles. The zero-order valence-electron chi connectivity index (χ0n) is 18.0. The smallest absolute Gasteiger partial charge is 0.264 e. The van der Waals surface area contributed by atoms with Gasteiger partial charge in [-0.15, -0.1) is 0 Å². The number of halogens is 1. The van der Waals surface area contributed by atoms with E-state index in [9.17, 15) is 13.2 Å². The van der Waals surface area contributed by atoms with E-state index in [-0.39, 0.29) is 4.90 Å². The summed E-state index contributed by atoms with van der Waals surface area (Å²) in [7, 11) is -4.01. The lowest BCUT2D eigenvalue weighted by Crippen LogP contribution is -2.38. The number of carbonyl (C=O) groups excluding carboxylic acids is 1. The number of hydrogen-bond donors (Lipinski definition) is 1. The zero-order chi connectivity index (χ0) is 24.0. The SMILES string of the molecule is O=C(CN(c1cccc(Cl)c1)S(=O)(=O)c1ccccc1)Nc1ccccc1Sc1ccccc1. The third-order valence-corrected chi connectivity index (χ3v) is 7.95. The van der Waals surface area contributed by atoms with Gasteiger partial charge in [0.15, 0.2) is 0 Å². The van der Waals surface area contributed by atoms with Crippen LogP contribution in [0.3, 0.4) is 0 Å². The van der Waals surface area contributed by atoms with Crippen LogP contribution in [0.1, 0.15) is 0 Å². The molecule has 0 heterocycles. The molecule has 0 saturated carbocycles. The predicted octanol–water partition coefficient (Wildman–Crippen LogP) is 6.33. The van der Waals surface area contributed by atoms with E-state index in [0.29, 0.717) is 16.4 Å². The van der Waals surface area contributed by atoms with Crippen LogP contribution in [0.25, 0.3) is 0 Å². The summed E-state index contributed by atoms with van der Waals surface area (Å²) in [5.74, 6) is -0.472. The van der Waals surface area contributed by atoms with Crippen LogP contribution in [0, 0.1) is 0 Å². The van der Waals surface area contributed by atoms with E-state index in [1.807, 2.05) is 48.5 Å². The highest BCUT2D eigenvalue weighted by Gasteiger charge is 2.27. The molecule has 0 spiro atoms. The summed E-state index contributed by atoms with van der Waals surface area (Å²) in [6, 6.07) is 31.6. The van der Waals surface area contributed by atoms with Crippen molar-refractivity contribution in [3.8, 4) is 0 Å². The minimum atomic E-state index is -4.01. The van der Waals surface area contributed by atoms with Crippen LogP contribution < -0.4 is 9.62 Å². The van der Waals surface area contributed by atoms with Crippen LogP contribution in [-0.2, 0) is 14.8 Å². The van der Waals surface area contributed by atoms with Gasteiger partial charge >= 0.3 is 0 Å². The molecule has 8 heteroatoms. The van der Waals surface area contributed by atoms with Crippen molar-refractivity contribution in [2.45, 2.75) is 14.7 Å². The maximum absolute atomic E-state index is 13.4. The van der Waals surface area contributed by atoms with E-state index in [0.717, 1.165) is 14.1 Å². The van der Waals surface area contributed by atoms with Crippen molar-refractivity contribution in [2.75, 3.05) is 16.2 Å². The van der Waals surface area contributed by atoms with Crippen LogP contribution in [-0.4, -0.2) is 20.9 Å². The standard InChI is InChI=1S/C26H21ClN2O3S2/c27-20-10-9-11-21(18-20)29(34(31,32)23-14-5-2-6-15-23)19-26(30)28-24-16-7-8-17-25(24)33-22-12-3-1-4-13-22/h1-18H,19H2,(H,28,30). The number of anilines is 2. The van der Waals surface area contributed by atoms with E-state index in [2.05, 4.69) is 5.32 Å². The van der Waals surface area contributed by atoms with Gasteiger partial charge in [0, 0.05) is 14.8 Å².